The van der Waals surface area contributed by atoms with Gasteiger partial charge in [0.15, 0.2) is 5.78 Å². The fourth-order valence-corrected chi connectivity index (χ4v) is 2.03. The molecule has 0 radical (unpaired) electrons. The Morgan fingerprint density at radius 2 is 1.83 bits per heavy atom. The third-order valence-electron chi connectivity index (χ3n) is 2.96. The molecule has 1 aliphatic rings. The van der Waals surface area contributed by atoms with E-state index in [4.69, 9.17) is 9.84 Å². The molecule has 1 aliphatic heterocycles. The van der Waals surface area contributed by atoms with E-state index in [1.165, 1.54) is 0 Å². The van der Waals surface area contributed by atoms with Crippen LogP contribution in [0.3, 0.4) is 0 Å². The zero-order valence-electron chi connectivity index (χ0n) is 11.4. The first-order valence-electron chi connectivity index (χ1n) is 6.42. The Kier molecular flexibility index (Phi) is 5.14. The highest BCUT2D eigenvalue weighted by molar-refractivity contribution is 5.79. The third kappa shape index (κ3) is 5.04. The molecule has 5 heteroatoms. The largest absolute Gasteiger partial charge is 0.444 e. The topological polar surface area (TPSA) is 66.8 Å². The van der Waals surface area contributed by atoms with Crippen LogP contribution in [0.1, 0.15) is 40.0 Å². The Morgan fingerprint density at radius 3 is 2.28 bits per heavy atom. The number of aliphatic hydroxyl groups excluding tert-OH is 1. The molecular weight excluding hydrogens is 234 g/mol. The molecule has 0 unspecified atom stereocenters. The van der Waals surface area contributed by atoms with Crippen molar-refractivity contribution in [3.63, 3.8) is 0 Å². The van der Waals surface area contributed by atoms with Crippen molar-refractivity contribution in [2.24, 2.45) is 5.92 Å². The minimum atomic E-state index is -0.471. The number of carbonyl (C=O) groups is 2. The van der Waals surface area contributed by atoms with Crippen molar-refractivity contribution in [2.75, 3.05) is 19.7 Å². The molecule has 1 heterocycles. The molecule has 1 rings (SSSR count). The van der Waals surface area contributed by atoms with Crippen LogP contribution in [-0.4, -0.2) is 47.2 Å². The average molecular weight is 257 g/mol. The summed E-state index contributed by atoms with van der Waals surface area (Å²) in [7, 11) is 0. The Balaban J connectivity index is 2.35. The molecule has 0 aliphatic carbocycles. The number of aliphatic hydroxyl groups is 1. The number of ketones is 1. The predicted octanol–water partition coefficient (Wildman–Crippen LogP) is 1.58. The van der Waals surface area contributed by atoms with Crippen LogP contribution >= 0.6 is 0 Å². The van der Waals surface area contributed by atoms with Crippen molar-refractivity contribution in [1.82, 2.24) is 4.90 Å². The van der Waals surface area contributed by atoms with Crippen LogP contribution in [0.5, 0.6) is 0 Å². The van der Waals surface area contributed by atoms with Gasteiger partial charge in [-0.15, -0.1) is 0 Å². The zero-order chi connectivity index (χ0) is 13.8. The lowest BCUT2D eigenvalue weighted by Gasteiger charge is -2.33. The van der Waals surface area contributed by atoms with E-state index in [9.17, 15) is 9.59 Å². The second-order valence-corrected chi connectivity index (χ2v) is 5.81. The van der Waals surface area contributed by atoms with E-state index < -0.39 is 5.60 Å². The monoisotopic (exact) mass is 257 g/mol. The van der Waals surface area contributed by atoms with Crippen LogP contribution in [0.4, 0.5) is 4.79 Å². The van der Waals surface area contributed by atoms with Crippen molar-refractivity contribution in [2.45, 2.75) is 45.6 Å². The van der Waals surface area contributed by atoms with E-state index >= 15 is 0 Å². The highest BCUT2D eigenvalue weighted by Crippen LogP contribution is 2.22. The highest BCUT2D eigenvalue weighted by Gasteiger charge is 2.27. The van der Waals surface area contributed by atoms with Crippen LogP contribution < -0.4 is 0 Å². The Morgan fingerprint density at radius 1 is 1.28 bits per heavy atom. The number of hydrogen-bond acceptors (Lipinski definition) is 4. The molecular formula is C13H23NO4. The number of nitrogens with zero attached hydrogens (tertiary/aromatic N) is 1. The van der Waals surface area contributed by atoms with Crippen molar-refractivity contribution < 1.29 is 19.4 Å². The Bertz CT molecular complexity index is 301. The van der Waals surface area contributed by atoms with E-state index in [1.54, 1.807) is 4.90 Å². The number of piperidine rings is 1. The molecule has 1 saturated heterocycles. The van der Waals surface area contributed by atoms with Gasteiger partial charge in [0.1, 0.15) is 12.2 Å². The lowest BCUT2D eigenvalue weighted by molar-refractivity contribution is -0.122. The molecule has 0 saturated carbocycles. The van der Waals surface area contributed by atoms with Crippen molar-refractivity contribution in [3.05, 3.63) is 0 Å². The molecule has 18 heavy (non-hydrogen) atoms. The third-order valence-corrected chi connectivity index (χ3v) is 2.96. The first-order valence-corrected chi connectivity index (χ1v) is 6.42. The van der Waals surface area contributed by atoms with E-state index in [0.717, 1.165) is 12.8 Å². The first kappa shape index (κ1) is 15.0. The molecule has 0 bridgehead atoms. The molecule has 0 aromatic rings. The van der Waals surface area contributed by atoms with Gasteiger partial charge >= 0.3 is 6.09 Å². The highest BCUT2D eigenvalue weighted by atomic mass is 16.6. The summed E-state index contributed by atoms with van der Waals surface area (Å²) in [6.45, 7) is 6.40. The number of hydrogen-bond donors (Lipinski definition) is 1. The van der Waals surface area contributed by atoms with Gasteiger partial charge in [-0.25, -0.2) is 4.79 Å². The Hall–Kier alpha value is -1.10. The number of Topliss-reactive ketones (excluding diaryl/α,β-unsaturated/α-hetero) is 1. The number of rotatable bonds is 3. The van der Waals surface area contributed by atoms with Gasteiger partial charge < -0.3 is 14.7 Å². The molecule has 0 atom stereocenters. The molecule has 0 spiro atoms. The summed E-state index contributed by atoms with van der Waals surface area (Å²) in [5, 5.41) is 8.70. The maximum Gasteiger partial charge on any atom is 0.410 e. The minimum absolute atomic E-state index is 0.120. The second kappa shape index (κ2) is 6.18. The summed E-state index contributed by atoms with van der Waals surface area (Å²) in [6, 6.07) is 0. The van der Waals surface area contributed by atoms with Gasteiger partial charge in [0.2, 0.25) is 0 Å². The maximum atomic E-state index is 11.8. The van der Waals surface area contributed by atoms with E-state index in [2.05, 4.69) is 0 Å². The van der Waals surface area contributed by atoms with Gasteiger partial charge in [0.25, 0.3) is 0 Å². The average Bonchev–Trinajstić information content (AvgIpc) is 2.27. The fraction of sp³-hybridized carbons (Fsp3) is 0.846. The summed E-state index contributed by atoms with van der Waals surface area (Å²) in [5.41, 5.74) is -0.471. The predicted molar refractivity (Wildman–Crippen MR) is 67.2 cm³/mol. The lowest BCUT2D eigenvalue weighted by Crippen LogP contribution is -2.42. The van der Waals surface area contributed by atoms with Gasteiger partial charge in [-0.2, -0.15) is 0 Å². The Labute approximate surface area is 108 Å². The fourth-order valence-electron chi connectivity index (χ4n) is 2.03. The summed E-state index contributed by atoms with van der Waals surface area (Å²) in [6.07, 6.45) is 1.73. The van der Waals surface area contributed by atoms with E-state index in [0.29, 0.717) is 19.5 Å². The molecule has 1 N–H and O–H groups in total. The summed E-state index contributed by atoms with van der Waals surface area (Å²) < 4.78 is 5.29. The molecule has 1 amide bonds. The van der Waals surface area contributed by atoms with Crippen LogP contribution in [0.25, 0.3) is 0 Å². The van der Waals surface area contributed by atoms with E-state index in [1.807, 2.05) is 20.8 Å². The maximum absolute atomic E-state index is 11.8. The van der Waals surface area contributed by atoms with Crippen LogP contribution in [0.2, 0.25) is 0 Å². The van der Waals surface area contributed by atoms with Gasteiger partial charge in [-0.3, -0.25) is 4.79 Å². The molecule has 0 aromatic carbocycles. The van der Waals surface area contributed by atoms with Gasteiger partial charge in [0, 0.05) is 19.5 Å². The SMILES string of the molecule is CC(C)(C)OC(=O)N1CCC(CC(=O)CO)CC1. The van der Waals surface area contributed by atoms with Gasteiger partial charge in [-0.1, -0.05) is 0 Å². The van der Waals surface area contributed by atoms with Gasteiger partial charge in [0.05, 0.1) is 0 Å². The van der Waals surface area contributed by atoms with Crippen LogP contribution in [0.15, 0.2) is 0 Å². The number of ether oxygens (including phenoxy) is 1. The summed E-state index contributed by atoms with van der Waals surface area (Å²) >= 11 is 0. The van der Waals surface area contributed by atoms with Crippen molar-refractivity contribution >= 4 is 11.9 Å². The number of amides is 1. The first-order chi connectivity index (χ1) is 8.31. The number of likely N-dealkylation sites (tertiary alicyclic amines) is 1. The quantitative estimate of drug-likeness (QED) is 0.833. The smallest absolute Gasteiger partial charge is 0.410 e. The summed E-state index contributed by atoms with van der Waals surface area (Å²) in [4.78, 5) is 24.6. The van der Waals surface area contributed by atoms with Crippen molar-refractivity contribution in [1.29, 1.82) is 0 Å². The molecule has 5 nitrogen and oxygen atoms in total. The van der Waals surface area contributed by atoms with Gasteiger partial charge in [-0.05, 0) is 39.5 Å². The lowest BCUT2D eigenvalue weighted by atomic mass is 9.92. The van der Waals surface area contributed by atoms with Crippen LogP contribution in [-0.2, 0) is 9.53 Å². The van der Waals surface area contributed by atoms with E-state index in [-0.39, 0.29) is 24.4 Å². The van der Waals surface area contributed by atoms with Crippen LogP contribution in [0, 0.1) is 5.92 Å². The number of carbonyl (C=O) groups excluding carboxylic acids is 2. The standard InChI is InChI=1S/C13H23NO4/c1-13(2,3)18-12(17)14-6-4-10(5-7-14)8-11(16)9-15/h10,15H,4-9H2,1-3H3. The summed E-state index contributed by atoms with van der Waals surface area (Å²) in [5.74, 6) is 0.161. The molecule has 1 fully saturated rings. The molecule has 0 aromatic heterocycles. The second-order valence-electron chi connectivity index (χ2n) is 5.81. The minimum Gasteiger partial charge on any atom is -0.444 e. The normalized spacial score (nSPS) is 17.7. The van der Waals surface area contributed by atoms with Crippen molar-refractivity contribution in [3.8, 4) is 0 Å². The zero-order valence-corrected chi connectivity index (χ0v) is 11.4. The molecule has 104 valence electrons.